The van der Waals surface area contributed by atoms with E-state index in [-0.39, 0.29) is 11.8 Å². The number of aromatic nitrogens is 4. The molecular formula is C16H19N5O5S. The average Bonchev–Trinajstić information content (AvgIpc) is 3.37. The third-order valence-corrected chi connectivity index (χ3v) is 5.15. The van der Waals surface area contributed by atoms with Crippen LogP contribution in [0.15, 0.2) is 23.2 Å². The Hall–Kier alpha value is -2.31. The number of imidazole rings is 1. The Bertz CT molecular complexity index is 917. The van der Waals surface area contributed by atoms with E-state index in [1.54, 1.807) is 11.3 Å². The average molecular weight is 393 g/mol. The molecule has 144 valence electrons. The number of hydrogen-bond acceptors (Lipinski definition) is 10. The minimum absolute atomic E-state index is 0.0868. The zero-order valence-corrected chi connectivity index (χ0v) is 15.0. The van der Waals surface area contributed by atoms with Gasteiger partial charge in [0.15, 0.2) is 23.2 Å². The van der Waals surface area contributed by atoms with Gasteiger partial charge in [-0.25, -0.2) is 4.98 Å². The lowest BCUT2D eigenvalue weighted by Crippen LogP contribution is -2.33. The van der Waals surface area contributed by atoms with Gasteiger partial charge in [0.2, 0.25) is 0 Å². The monoisotopic (exact) mass is 393 g/mol. The topological polar surface area (TPSA) is 149 Å². The second-order valence-corrected chi connectivity index (χ2v) is 6.95. The molecule has 1 aliphatic rings. The maximum Gasteiger partial charge on any atom is 0.320 e. The molecular weight excluding hydrogens is 374 g/mol. The van der Waals surface area contributed by atoms with Crippen LogP contribution in [0.2, 0.25) is 0 Å². The van der Waals surface area contributed by atoms with Gasteiger partial charge in [0, 0.05) is 6.42 Å². The zero-order chi connectivity index (χ0) is 19.0. The molecule has 4 atom stereocenters. The lowest BCUT2D eigenvalue weighted by Gasteiger charge is -2.16. The van der Waals surface area contributed by atoms with Gasteiger partial charge in [-0.05, 0) is 22.4 Å². The van der Waals surface area contributed by atoms with Crippen LogP contribution in [0.5, 0.6) is 6.01 Å². The van der Waals surface area contributed by atoms with Crippen molar-refractivity contribution >= 4 is 28.3 Å². The molecule has 3 aromatic heterocycles. The molecule has 1 saturated heterocycles. The van der Waals surface area contributed by atoms with E-state index < -0.39 is 31.1 Å². The van der Waals surface area contributed by atoms with Gasteiger partial charge in [-0.3, -0.25) is 4.57 Å². The molecule has 4 heterocycles. The number of anilines is 1. The van der Waals surface area contributed by atoms with Crippen LogP contribution in [0.3, 0.4) is 0 Å². The first kappa shape index (κ1) is 18.1. The van der Waals surface area contributed by atoms with Crippen LogP contribution in [0.25, 0.3) is 11.2 Å². The molecule has 3 aromatic rings. The number of aliphatic hydroxyl groups excluding tert-OH is 3. The van der Waals surface area contributed by atoms with Crippen LogP contribution in [0, 0.1) is 0 Å². The highest BCUT2D eigenvalue weighted by atomic mass is 32.1. The van der Waals surface area contributed by atoms with E-state index >= 15 is 0 Å². The van der Waals surface area contributed by atoms with E-state index in [2.05, 4.69) is 15.0 Å². The Morgan fingerprint density at radius 3 is 2.85 bits per heavy atom. The summed E-state index contributed by atoms with van der Waals surface area (Å²) in [6, 6.07) is 2.10. The largest absolute Gasteiger partial charge is 0.463 e. The maximum absolute atomic E-state index is 10.2. The lowest BCUT2D eigenvalue weighted by atomic mass is 10.1. The molecule has 0 saturated carbocycles. The van der Waals surface area contributed by atoms with Crippen LogP contribution < -0.4 is 10.5 Å². The molecule has 0 spiro atoms. The van der Waals surface area contributed by atoms with Gasteiger partial charge in [0.25, 0.3) is 0 Å². The number of aliphatic hydroxyl groups is 3. The summed E-state index contributed by atoms with van der Waals surface area (Å²) < 4.78 is 12.6. The summed E-state index contributed by atoms with van der Waals surface area (Å²) in [5.41, 5.74) is 7.75. The molecule has 27 heavy (non-hydrogen) atoms. The van der Waals surface area contributed by atoms with Gasteiger partial charge >= 0.3 is 6.01 Å². The molecule has 11 heteroatoms. The van der Waals surface area contributed by atoms with Gasteiger partial charge < -0.3 is 30.5 Å². The fourth-order valence-corrected chi connectivity index (χ4v) is 3.68. The van der Waals surface area contributed by atoms with E-state index in [1.807, 2.05) is 16.8 Å². The number of nitrogens with zero attached hydrogens (tertiary/aromatic N) is 4. The molecule has 1 aliphatic heterocycles. The lowest BCUT2D eigenvalue weighted by molar-refractivity contribution is -0.0511. The van der Waals surface area contributed by atoms with E-state index in [1.165, 1.54) is 10.9 Å². The fourth-order valence-electron chi connectivity index (χ4n) is 2.97. The highest BCUT2D eigenvalue weighted by Gasteiger charge is 2.44. The Labute approximate surface area is 157 Å². The van der Waals surface area contributed by atoms with Crippen molar-refractivity contribution in [1.29, 1.82) is 0 Å². The predicted molar refractivity (Wildman–Crippen MR) is 96.3 cm³/mol. The van der Waals surface area contributed by atoms with Crippen molar-refractivity contribution in [3.8, 4) is 6.01 Å². The summed E-state index contributed by atoms with van der Waals surface area (Å²) >= 11 is 1.62. The second kappa shape index (κ2) is 7.37. The highest BCUT2D eigenvalue weighted by molar-refractivity contribution is 7.07. The number of ether oxygens (including phenoxy) is 2. The van der Waals surface area contributed by atoms with Gasteiger partial charge in [-0.1, -0.05) is 0 Å². The summed E-state index contributed by atoms with van der Waals surface area (Å²) in [6.07, 6.45) is -2.24. The van der Waals surface area contributed by atoms with Crippen LogP contribution in [-0.4, -0.2) is 66.4 Å². The highest BCUT2D eigenvalue weighted by Crippen LogP contribution is 2.32. The number of nitrogen functional groups attached to an aromatic ring is 1. The van der Waals surface area contributed by atoms with E-state index in [4.69, 9.17) is 15.2 Å². The molecule has 0 aliphatic carbocycles. The minimum atomic E-state index is -1.25. The van der Waals surface area contributed by atoms with Crippen molar-refractivity contribution in [3.63, 3.8) is 0 Å². The van der Waals surface area contributed by atoms with Crippen LogP contribution in [-0.2, 0) is 11.2 Å². The van der Waals surface area contributed by atoms with E-state index in [0.717, 1.165) is 5.56 Å². The predicted octanol–water partition coefficient (Wildman–Crippen LogP) is -0.297. The van der Waals surface area contributed by atoms with Crippen molar-refractivity contribution in [2.24, 2.45) is 0 Å². The standard InChI is InChI=1S/C16H19N5O5S/c17-13-10-14(20-16(19-13)25-3-1-8-2-4-27-6-8)21(7-18-10)15-12(24)11(23)9(5-22)26-15/h2,4,6-7,9,11-12,15,22-24H,1,3,5H2,(H2,17,19,20)/t9-,11?,12?,15-/m1/s1. The van der Waals surface area contributed by atoms with Crippen LogP contribution >= 0.6 is 11.3 Å². The second-order valence-electron chi connectivity index (χ2n) is 6.17. The minimum Gasteiger partial charge on any atom is -0.463 e. The zero-order valence-electron chi connectivity index (χ0n) is 14.2. The Morgan fingerprint density at radius 1 is 1.30 bits per heavy atom. The summed E-state index contributed by atoms with van der Waals surface area (Å²) in [6.45, 7) is -0.0426. The number of nitrogens with two attached hydrogens (primary N) is 1. The van der Waals surface area contributed by atoms with Crippen molar-refractivity contribution in [2.45, 2.75) is 31.0 Å². The smallest absolute Gasteiger partial charge is 0.320 e. The molecule has 0 aromatic carbocycles. The Balaban J connectivity index is 1.58. The van der Waals surface area contributed by atoms with Crippen LogP contribution in [0.4, 0.5) is 5.82 Å². The van der Waals surface area contributed by atoms with Gasteiger partial charge in [-0.15, -0.1) is 0 Å². The third-order valence-electron chi connectivity index (χ3n) is 4.42. The Morgan fingerprint density at radius 2 is 2.15 bits per heavy atom. The SMILES string of the molecule is Nc1nc(OCCc2ccsc2)nc2c1ncn2[C@@H]1O[C@H](CO)C(O)C1O. The van der Waals surface area contributed by atoms with Crippen LogP contribution in [0.1, 0.15) is 11.8 Å². The summed E-state index contributed by atoms with van der Waals surface area (Å²) in [5, 5.41) is 33.5. The van der Waals surface area contributed by atoms with Gasteiger partial charge in [-0.2, -0.15) is 21.3 Å². The van der Waals surface area contributed by atoms with Crippen molar-refractivity contribution in [3.05, 3.63) is 28.7 Å². The first-order valence-electron chi connectivity index (χ1n) is 8.35. The molecule has 5 N–H and O–H groups in total. The molecule has 2 unspecified atom stereocenters. The molecule has 10 nitrogen and oxygen atoms in total. The summed E-state index contributed by atoms with van der Waals surface area (Å²) in [4.78, 5) is 12.6. The number of hydrogen-bond donors (Lipinski definition) is 4. The van der Waals surface area contributed by atoms with Crippen molar-refractivity contribution in [2.75, 3.05) is 18.9 Å². The van der Waals surface area contributed by atoms with Crippen molar-refractivity contribution < 1.29 is 24.8 Å². The normalized spacial score (nSPS) is 25.3. The van der Waals surface area contributed by atoms with E-state index in [0.29, 0.717) is 24.2 Å². The quantitative estimate of drug-likeness (QED) is 0.443. The summed E-state index contributed by atoms with van der Waals surface area (Å²) in [5.74, 6) is 0.135. The molecule has 0 amide bonds. The molecule has 0 bridgehead atoms. The summed E-state index contributed by atoms with van der Waals surface area (Å²) in [7, 11) is 0. The number of fused-ring (bicyclic) bond motifs is 1. The van der Waals surface area contributed by atoms with Crippen molar-refractivity contribution in [1.82, 2.24) is 19.5 Å². The van der Waals surface area contributed by atoms with E-state index in [9.17, 15) is 15.3 Å². The number of thiophene rings is 1. The first-order valence-corrected chi connectivity index (χ1v) is 9.29. The first-order chi connectivity index (χ1) is 13.1. The third kappa shape index (κ3) is 3.35. The fraction of sp³-hybridized carbons (Fsp3) is 0.438. The Kier molecular flexibility index (Phi) is 4.93. The number of rotatable bonds is 6. The van der Waals surface area contributed by atoms with Gasteiger partial charge in [0.1, 0.15) is 18.3 Å². The van der Waals surface area contributed by atoms with Gasteiger partial charge in [0.05, 0.1) is 19.5 Å². The molecule has 0 radical (unpaired) electrons. The molecule has 1 fully saturated rings. The maximum atomic E-state index is 10.2. The molecule has 4 rings (SSSR count).